The summed E-state index contributed by atoms with van der Waals surface area (Å²) in [6, 6.07) is 12.1. The molecule has 0 atom stereocenters. The second-order valence-corrected chi connectivity index (χ2v) is 6.48. The zero-order valence-corrected chi connectivity index (χ0v) is 14.0. The molecule has 0 aliphatic rings. The molecule has 112 valence electrons. The van der Waals surface area contributed by atoms with Crippen LogP contribution < -0.4 is 0 Å². The number of hydrogen-bond donors (Lipinski definition) is 2. The minimum atomic E-state index is -0.820. The Morgan fingerprint density at radius 1 is 1.18 bits per heavy atom. The number of aromatic amines is 1. The van der Waals surface area contributed by atoms with Gasteiger partial charge in [-0.25, -0.2) is 0 Å². The topological polar surface area (TPSA) is 53.1 Å². The van der Waals surface area contributed by atoms with E-state index in [-0.39, 0.29) is 6.42 Å². The molecule has 0 spiro atoms. The van der Waals surface area contributed by atoms with Crippen molar-refractivity contribution in [3.05, 3.63) is 57.6 Å². The van der Waals surface area contributed by atoms with E-state index in [1.54, 1.807) is 0 Å². The first kappa shape index (κ1) is 14.9. The molecular weight excluding hydrogens is 342 g/mol. The average molecular weight is 358 g/mol. The number of carbonyl (C=O) groups is 1. The number of fused-ring (bicyclic) bond motifs is 1. The molecule has 1 heterocycles. The molecule has 0 radical (unpaired) electrons. The lowest BCUT2D eigenvalue weighted by Gasteiger charge is -2.05. The van der Waals surface area contributed by atoms with Gasteiger partial charge in [-0.3, -0.25) is 4.79 Å². The lowest BCUT2D eigenvalue weighted by atomic mass is 9.99. The van der Waals surface area contributed by atoms with E-state index in [0.29, 0.717) is 0 Å². The summed E-state index contributed by atoms with van der Waals surface area (Å²) in [6.45, 7) is 4.07. The van der Waals surface area contributed by atoms with E-state index >= 15 is 0 Å². The van der Waals surface area contributed by atoms with Crippen LogP contribution in [0, 0.1) is 13.8 Å². The highest BCUT2D eigenvalue weighted by Gasteiger charge is 2.17. The van der Waals surface area contributed by atoms with Crippen LogP contribution in [0.2, 0.25) is 0 Å². The van der Waals surface area contributed by atoms with E-state index in [9.17, 15) is 9.90 Å². The summed E-state index contributed by atoms with van der Waals surface area (Å²) in [7, 11) is 0. The van der Waals surface area contributed by atoms with Gasteiger partial charge in [-0.2, -0.15) is 0 Å². The van der Waals surface area contributed by atoms with Crippen molar-refractivity contribution in [1.82, 2.24) is 4.98 Å². The van der Waals surface area contributed by atoms with Crippen LogP contribution in [0.1, 0.15) is 16.7 Å². The SMILES string of the molecule is Cc1cc(C)c2c(CC(=O)O)c(-c3ccc(Br)cc3)[nH]c2c1. The van der Waals surface area contributed by atoms with Crippen LogP contribution >= 0.6 is 15.9 Å². The van der Waals surface area contributed by atoms with Crippen molar-refractivity contribution in [3.63, 3.8) is 0 Å². The molecule has 0 aliphatic carbocycles. The van der Waals surface area contributed by atoms with E-state index in [2.05, 4.69) is 33.0 Å². The smallest absolute Gasteiger partial charge is 0.307 e. The number of aromatic nitrogens is 1. The molecule has 3 nitrogen and oxygen atoms in total. The van der Waals surface area contributed by atoms with Gasteiger partial charge in [-0.15, -0.1) is 0 Å². The van der Waals surface area contributed by atoms with E-state index in [0.717, 1.165) is 43.3 Å². The van der Waals surface area contributed by atoms with Gasteiger partial charge in [-0.05, 0) is 54.3 Å². The summed E-state index contributed by atoms with van der Waals surface area (Å²) >= 11 is 3.43. The van der Waals surface area contributed by atoms with Crippen molar-refractivity contribution in [3.8, 4) is 11.3 Å². The molecule has 0 unspecified atom stereocenters. The van der Waals surface area contributed by atoms with Crippen LogP contribution in [0.25, 0.3) is 22.2 Å². The molecule has 0 bridgehead atoms. The molecule has 0 fully saturated rings. The number of H-pyrrole nitrogens is 1. The summed E-state index contributed by atoms with van der Waals surface area (Å²) in [5.74, 6) is -0.820. The van der Waals surface area contributed by atoms with E-state index in [4.69, 9.17) is 0 Å². The van der Waals surface area contributed by atoms with Gasteiger partial charge in [0.1, 0.15) is 0 Å². The Labute approximate surface area is 137 Å². The lowest BCUT2D eigenvalue weighted by Crippen LogP contribution is -2.01. The van der Waals surface area contributed by atoms with Gasteiger partial charge in [0.15, 0.2) is 0 Å². The van der Waals surface area contributed by atoms with Gasteiger partial charge < -0.3 is 10.1 Å². The van der Waals surface area contributed by atoms with Crippen LogP contribution in [-0.2, 0) is 11.2 Å². The second kappa shape index (κ2) is 5.61. The summed E-state index contributed by atoms with van der Waals surface area (Å²) in [5.41, 5.74) is 5.99. The number of carboxylic acid groups (broad SMARTS) is 1. The number of rotatable bonds is 3. The van der Waals surface area contributed by atoms with Gasteiger partial charge in [0.25, 0.3) is 0 Å². The van der Waals surface area contributed by atoms with Crippen molar-refractivity contribution < 1.29 is 9.90 Å². The number of benzene rings is 2. The highest BCUT2D eigenvalue weighted by molar-refractivity contribution is 9.10. The number of halogens is 1. The molecule has 22 heavy (non-hydrogen) atoms. The first-order chi connectivity index (χ1) is 10.5. The Morgan fingerprint density at radius 2 is 1.86 bits per heavy atom. The predicted octanol–water partition coefficient (Wildman–Crippen LogP) is 4.84. The van der Waals surface area contributed by atoms with Crippen molar-refractivity contribution in [1.29, 1.82) is 0 Å². The van der Waals surface area contributed by atoms with Crippen LogP contribution in [0.3, 0.4) is 0 Å². The van der Waals surface area contributed by atoms with Gasteiger partial charge >= 0.3 is 5.97 Å². The Balaban J connectivity index is 2.30. The number of hydrogen-bond acceptors (Lipinski definition) is 1. The molecule has 3 aromatic rings. The van der Waals surface area contributed by atoms with Gasteiger partial charge in [0.2, 0.25) is 0 Å². The van der Waals surface area contributed by atoms with Crippen LogP contribution in [-0.4, -0.2) is 16.1 Å². The molecule has 0 saturated heterocycles. The molecular formula is C18H16BrNO2. The maximum atomic E-state index is 11.3. The van der Waals surface area contributed by atoms with Gasteiger partial charge in [0, 0.05) is 15.4 Å². The molecule has 4 heteroatoms. The van der Waals surface area contributed by atoms with Gasteiger partial charge in [-0.1, -0.05) is 34.1 Å². The Kier molecular flexibility index (Phi) is 3.79. The lowest BCUT2D eigenvalue weighted by molar-refractivity contribution is -0.136. The van der Waals surface area contributed by atoms with E-state index in [1.807, 2.05) is 38.1 Å². The highest BCUT2D eigenvalue weighted by Crippen LogP contribution is 2.34. The number of nitrogens with one attached hydrogen (secondary N) is 1. The summed E-state index contributed by atoms with van der Waals surface area (Å²) in [6.07, 6.45) is 0.00922. The third-order valence-corrected chi connectivity index (χ3v) is 4.33. The second-order valence-electron chi connectivity index (χ2n) is 5.56. The van der Waals surface area contributed by atoms with Crippen molar-refractivity contribution in [2.45, 2.75) is 20.3 Å². The Hall–Kier alpha value is -2.07. The average Bonchev–Trinajstić information content (AvgIpc) is 2.77. The summed E-state index contributed by atoms with van der Waals surface area (Å²) in [4.78, 5) is 14.7. The third-order valence-electron chi connectivity index (χ3n) is 3.80. The van der Waals surface area contributed by atoms with Gasteiger partial charge in [0.05, 0.1) is 12.1 Å². The molecule has 0 aliphatic heterocycles. The molecule has 2 N–H and O–H groups in total. The fourth-order valence-corrected chi connectivity index (χ4v) is 3.26. The first-order valence-corrected chi connectivity index (χ1v) is 7.84. The normalized spacial score (nSPS) is 11.0. The number of carboxylic acids is 1. The third kappa shape index (κ3) is 2.66. The zero-order chi connectivity index (χ0) is 15.9. The van der Waals surface area contributed by atoms with E-state index in [1.165, 1.54) is 0 Å². The Morgan fingerprint density at radius 3 is 2.50 bits per heavy atom. The maximum Gasteiger partial charge on any atom is 0.307 e. The molecule has 3 rings (SSSR count). The first-order valence-electron chi connectivity index (χ1n) is 7.05. The molecule has 0 saturated carbocycles. The van der Waals surface area contributed by atoms with E-state index < -0.39 is 5.97 Å². The molecule has 2 aromatic carbocycles. The minimum absolute atomic E-state index is 0.00922. The number of aryl methyl sites for hydroxylation is 2. The fraction of sp³-hybridized carbons (Fsp3) is 0.167. The number of aliphatic carboxylic acids is 1. The van der Waals surface area contributed by atoms with Crippen LogP contribution in [0.15, 0.2) is 40.9 Å². The maximum absolute atomic E-state index is 11.3. The van der Waals surface area contributed by atoms with Crippen LogP contribution in [0.4, 0.5) is 0 Å². The minimum Gasteiger partial charge on any atom is -0.481 e. The van der Waals surface area contributed by atoms with Crippen molar-refractivity contribution in [2.75, 3.05) is 0 Å². The van der Waals surface area contributed by atoms with Crippen LogP contribution in [0.5, 0.6) is 0 Å². The molecule has 1 aromatic heterocycles. The molecule has 0 amide bonds. The zero-order valence-electron chi connectivity index (χ0n) is 12.4. The summed E-state index contributed by atoms with van der Waals surface area (Å²) < 4.78 is 0.999. The predicted molar refractivity (Wildman–Crippen MR) is 92.2 cm³/mol. The standard InChI is InChI=1S/C18H16BrNO2/c1-10-7-11(2)17-14(9-16(21)22)18(20-15(17)8-10)12-3-5-13(19)6-4-12/h3-8,20H,9H2,1-2H3,(H,21,22). The highest BCUT2D eigenvalue weighted by atomic mass is 79.9. The summed E-state index contributed by atoms with van der Waals surface area (Å²) in [5, 5.41) is 10.3. The monoisotopic (exact) mass is 357 g/mol. The van der Waals surface area contributed by atoms with Crippen molar-refractivity contribution >= 4 is 32.8 Å². The largest absolute Gasteiger partial charge is 0.481 e. The fourth-order valence-electron chi connectivity index (χ4n) is 2.99. The van der Waals surface area contributed by atoms with Crippen molar-refractivity contribution in [2.24, 2.45) is 0 Å². The Bertz CT molecular complexity index is 863. The quantitative estimate of drug-likeness (QED) is 0.704.